The Kier molecular flexibility index (Phi) is 3.90. The second-order valence-corrected chi connectivity index (χ2v) is 3.34. The average Bonchev–Trinajstić information content (AvgIpc) is 2.59. The van der Waals surface area contributed by atoms with E-state index in [1.165, 1.54) is 16.4 Å². The maximum Gasteiger partial charge on any atom is 0.0669 e. The van der Waals surface area contributed by atoms with E-state index in [0.717, 1.165) is 12.8 Å². The van der Waals surface area contributed by atoms with Gasteiger partial charge < -0.3 is 5.32 Å². The summed E-state index contributed by atoms with van der Waals surface area (Å²) in [4.78, 5) is 1.19. The second-order valence-electron chi connectivity index (χ2n) is 2.53. The molecule has 0 aliphatic rings. The van der Waals surface area contributed by atoms with Crippen LogP contribution in [-0.2, 0) is 0 Å². The number of rotatable bonds is 5. The quantitative estimate of drug-likeness (QED) is 0.707. The van der Waals surface area contributed by atoms with Crippen LogP contribution in [0.1, 0.15) is 23.8 Å². The monoisotopic (exact) mass is 183 g/mol. The highest BCUT2D eigenvalue weighted by Gasteiger charge is 2.09. The van der Waals surface area contributed by atoms with Gasteiger partial charge in [0.25, 0.3) is 0 Å². The predicted octanol–water partition coefficient (Wildman–Crippen LogP) is 1.76. The number of aromatic nitrogens is 2. The molecule has 0 bridgehead atoms. The molecule has 12 heavy (non-hydrogen) atoms. The molecule has 0 radical (unpaired) electrons. The first kappa shape index (κ1) is 9.35. The zero-order valence-corrected chi connectivity index (χ0v) is 7.97. The van der Waals surface area contributed by atoms with Crippen molar-refractivity contribution in [1.29, 1.82) is 0 Å². The van der Waals surface area contributed by atoms with Crippen molar-refractivity contribution in [2.75, 3.05) is 7.05 Å². The highest BCUT2D eigenvalue weighted by Crippen LogP contribution is 2.19. The van der Waals surface area contributed by atoms with Crippen LogP contribution in [-0.4, -0.2) is 16.6 Å². The summed E-state index contributed by atoms with van der Waals surface area (Å²) >= 11 is 1.45. The summed E-state index contributed by atoms with van der Waals surface area (Å²) in [5.74, 6) is 0. The van der Waals surface area contributed by atoms with Gasteiger partial charge in [-0.25, -0.2) is 0 Å². The maximum atomic E-state index is 3.82. The molecular formula is C8H13N3S. The smallest absolute Gasteiger partial charge is 0.0669 e. The van der Waals surface area contributed by atoms with Gasteiger partial charge in [0.2, 0.25) is 0 Å². The van der Waals surface area contributed by atoms with E-state index in [-0.39, 0.29) is 0 Å². The van der Waals surface area contributed by atoms with E-state index in [4.69, 9.17) is 0 Å². The van der Waals surface area contributed by atoms with Gasteiger partial charge in [0.05, 0.1) is 11.1 Å². The van der Waals surface area contributed by atoms with Gasteiger partial charge in [-0.1, -0.05) is 10.6 Å². The average molecular weight is 183 g/mol. The molecule has 0 aromatic carbocycles. The normalized spacial score (nSPS) is 12.8. The van der Waals surface area contributed by atoms with Crippen molar-refractivity contribution >= 4 is 11.5 Å². The minimum absolute atomic E-state index is 0.378. The summed E-state index contributed by atoms with van der Waals surface area (Å²) in [6.45, 7) is 3.69. The fraction of sp³-hybridized carbons (Fsp3) is 0.500. The Morgan fingerprint density at radius 2 is 2.67 bits per heavy atom. The first-order valence-electron chi connectivity index (χ1n) is 3.94. The molecule has 1 N–H and O–H groups in total. The Morgan fingerprint density at radius 1 is 1.83 bits per heavy atom. The topological polar surface area (TPSA) is 37.8 Å². The Bertz CT molecular complexity index is 220. The van der Waals surface area contributed by atoms with Gasteiger partial charge in [0.1, 0.15) is 0 Å². The minimum atomic E-state index is 0.378. The fourth-order valence-electron chi connectivity index (χ4n) is 1.04. The number of allylic oxidation sites excluding steroid dienone is 1. The Balaban J connectivity index is 2.51. The molecule has 1 unspecified atom stereocenters. The third kappa shape index (κ3) is 2.39. The van der Waals surface area contributed by atoms with Crippen LogP contribution in [0.15, 0.2) is 18.9 Å². The van der Waals surface area contributed by atoms with E-state index < -0.39 is 0 Å². The van der Waals surface area contributed by atoms with Crippen LogP contribution in [0.3, 0.4) is 0 Å². The largest absolute Gasteiger partial charge is 0.312 e. The molecule has 1 aromatic rings. The summed E-state index contributed by atoms with van der Waals surface area (Å²) in [5, 5.41) is 7.02. The van der Waals surface area contributed by atoms with Gasteiger partial charge >= 0.3 is 0 Å². The van der Waals surface area contributed by atoms with Crippen LogP contribution in [0.4, 0.5) is 0 Å². The highest BCUT2D eigenvalue weighted by atomic mass is 32.1. The van der Waals surface area contributed by atoms with Crippen molar-refractivity contribution in [2.45, 2.75) is 18.9 Å². The molecule has 1 heterocycles. The Morgan fingerprint density at radius 3 is 3.17 bits per heavy atom. The van der Waals surface area contributed by atoms with E-state index in [2.05, 4.69) is 21.5 Å². The molecule has 3 nitrogen and oxygen atoms in total. The zero-order chi connectivity index (χ0) is 8.81. The summed E-state index contributed by atoms with van der Waals surface area (Å²) in [6.07, 6.45) is 5.82. The minimum Gasteiger partial charge on any atom is -0.312 e. The fourth-order valence-corrected chi connectivity index (χ4v) is 1.69. The molecule has 1 atom stereocenters. The molecule has 0 saturated heterocycles. The van der Waals surface area contributed by atoms with Crippen LogP contribution in [0, 0.1) is 0 Å². The number of nitrogens with zero attached hydrogens (tertiary/aromatic N) is 2. The highest BCUT2D eigenvalue weighted by molar-refractivity contribution is 7.05. The number of nitrogens with one attached hydrogen (secondary N) is 1. The van der Waals surface area contributed by atoms with Crippen LogP contribution in [0.2, 0.25) is 0 Å². The molecule has 66 valence electrons. The third-order valence-electron chi connectivity index (χ3n) is 1.73. The molecule has 0 fully saturated rings. The third-order valence-corrected chi connectivity index (χ3v) is 2.51. The first-order chi connectivity index (χ1) is 5.88. The molecule has 1 rings (SSSR count). The molecule has 0 spiro atoms. The lowest BCUT2D eigenvalue weighted by atomic mass is 10.1. The van der Waals surface area contributed by atoms with Gasteiger partial charge in [0, 0.05) is 6.04 Å². The summed E-state index contributed by atoms with van der Waals surface area (Å²) < 4.78 is 3.82. The molecule has 4 heteroatoms. The van der Waals surface area contributed by atoms with Gasteiger partial charge in [-0.15, -0.1) is 11.7 Å². The molecule has 1 aromatic heterocycles. The van der Waals surface area contributed by atoms with Gasteiger partial charge in [-0.05, 0) is 31.4 Å². The molecule has 0 aliphatic carbocycles. The van der Waals surface area contributed by atoms with Crippen molar-refractivity contribution in [3.05, 3.63) is 23.7 Å². The lowest BCUT2D eigenvalue weighted by Crippen LogP contribution is -2.14. The lowest BCUT2D eigenvalue weighted by Gasteiger charge is -2.10. The Hall–Kier alpha value is -0.740. The van der Waals surface area contributed by atoms with E-state index in [1.54, 1.807) is 0 Å². The SMILES string of the molecule is C=CCCC(NC)c1cnns1. The number of hydrogen-bond donors (Lipinski definition) is 1. The first-order valence-corrected chi connectivity index (χ1v) is 4.71. The predicted molar refractivity (Wildman–Crippen MR) is 51.1 cm³/mol. The van der Waals surface area contributed by atoms with Crippen molar-refractivity contribution in [3.63, 3.8) is 0 Å². The van der Waals surface area contributed by atoms with E-state index in [1.807, 2.05) is 19.3 Å². The van der Waals surface area contributed by atoms with Gasteiger partial charge in [0.15, 0.2) is 0 Å². The van der Waals surface area contributed by atoms with E-state index in [9.17, 15) is 0 Å². The zero-order valence-electron chi connectivity index (χ0n) is 7.16. The Labute approximate surface area is 76.7 Å². The number of hydrogen-bond acceptors (Lipinski definition) is 4. The summed E-state index contributed by atoms with van der Waals surface area (Å²) in [5.41, 5.74) is 0. The van der Waals surface area contributed by atoms with E-state index in [0.29, 0.717) is 6.04 Å². The van der Waals surface area contributed by atoms with Gasteiger partial charge in [-0.2, -0.15) is 0 Å². The van der Waals surface area contributed by atoms with Crippen molar-refractivity contribution in [3.8, 4) is 0 Å². The van der Waals surface area contributed by atoms with Crippen molar-refractivity contribution in [2.24, 2.45) is 0 Å². The van der Waals surface area contributed by atoms with Crippen LogP contribution >= 0.6 is 11.5 Å². The van der Waals surface area contributed by atoms with Gasteiger partial charge in [-0.3, -0.25) is 0 Å². The molecule has 0 amide bonds. The van der Waals surface area contributed by atoms with E-state index >= 15 is 0 Å². The van der Waals surface area contributed by atoms with Crippen molar-refractivity contribution < 1.29 is 0 Å². The summed E-state index contributed by atoms with van der Waals surface area (Å²) in [6, 6.07) is 0.378. The molecular weight excluding hydrogens is 170 g/mol. The molecule has 0 saturated carbocycles. The standard InChI is InChI=1S/C8H13N3S/c1-3-4-5-7(9-2)8-6-10-11-12-8/h3,6-7,9H,1,4-5H2,2H3. The van der Waals surface area contributed by atoms with Crippen molar-refractivity contribution in [1.82, 2.24) is 14.9 Å². The second kappa shape index (κ2) is 5.00. The lowest BCUT2D eigenvalue weighted by molar-refractivity contribution is 0.563. The van der Waals surface area contributed by atoms with Crippen LogP contribution < -0.4 is 5.32 Å². The molecule has 0 aliphatic heterocycles. The van der Waals surface area contributed by atoms with Crippen LogP contribution in [0.5, 0.6) is 0 Å². The maximum absolute atomic E-state index is 3.82. The summed E-state index contributed by atoms with van der Waals surface area (Å²) in [7, 11) is 1.95. The van der Waals surface area contributed by atoms with Crippen LogP contribution in [0.25, 0.3) is 0 Å².